The SMILES string of the molecule is COC(=O)Cc1csc(NC(=O)c2ccc([N+](=O)[O-])s2)n1. The van der Waals surface area contributed by atoms with Gasteiger partial charge in [-0.1, -0.05) is 11.3 Å². The molecule has 0 atom stereocenters. The van der Waals surface area contributed by atoms with Gasteiger partial charge in [-0.05, 0) is 6.07 Å². The Balaban J connectivity index is 2.02. The average molecular weight is 327 g/mol. The number of esters is 1. The Morgan fingerprint density at radius 3 is 2.86 bits per heavy atom. The highest BCUT2D eigenvalue weighted by atomic mass is 32.1. The number of nitrogens with one attached hydrogen (secondary N) is 1. The smallest absolute Gasteiger partial charge is 0.324 e. The summed E-state index contributed by atoms with van der Waals surface area (Å²) in [5.74, 6) is -0.904. The van der Waals surface area contributed by atoms with Crippen LogP contribution in [0.25, 0.3) is 0 Å². The van der Waals surface area contributed by atoms with E-state index in [2.05, 4.69) is 15.0 Å². The number of thiazole rings is 1. The number of rotatable bonds is 5. The Morgan fingerprint density at radius 1 is 1.48 bits per heavy atom. The Labute approximate surface area is 126 Å². The molecule has 0 spiro atoms. The third-order valence-corrected chi connectivity index (χ3v) is 4.16. The first-order valence-electron chi connectivity index (χ1n) is 5.56. The van der Waals surface area contributed by atoms with Gasteiger partial charge >= 0.3 is 11.0 Å². The van der Waals surface area contributed by atoms with Crippen LogP contribution < -0.4 is 5.32 Å². The molecule has 21 heavy (non-hydrogen) atoms. The van der Waals surface area contributed by atoms with Crippen LogP contribution in [-0.4, -0.2) is 28.9 Å². The Bertz CT molecular complexity index is 694. The van der Waals surface area contributed by atoms with Gasteiger partial charge in [-0.15, -0.1) is 11.3 Å². The maximum Gasteiger partial charge on any atom is 0.324 e. The number of aromatic nitrogens is 1. The summed E-state index contributed by atoms with van der Waals surface area (Å²) >= 11 is 1.94. The Hall–Kier alpha value is -2.33. The second kappa shape index (κ2) is 6.41. The van der Waals surface area contributed by atoms with Gasteiger partial charge in [0.05, 0.1) is 29.0 Å². The first-order chi connectivity index (χ1) is 9.99. The second-order valence-corrected chi connectivity index (χ2v) is 5.67. The number of ether oxygens (including phenoxy) is 1. The lowest BCUT2D eigenvalue weighted by Gasteiger charge is -1.97. The summed E-state index contributed by atoms with van der Waals surface area (Å²) in [4.78, 5) is 37.3. The standard InChI is InChI=1S/C11H9N3O5S2/c1-19-9(15)4-6-5-20-11(12-6)13-10(16)7-2-3-8(21-7)14(17)18/h2-3,5H,4H2,1H3,(H,12,13,16). The number of nitrogens with zero attached hydrogens (tertiary/aromatic N) is 2. The highest BCUT2D eigenvalue weighted by Gasteiger charge is 2.16. The van der Waals surface area contributed by atoms with E-state index in [1.807, 2.05) is 0 Å². The molecule has 2 aromatic rings. The van der Waals surface area contributed by atoms with Crippen molar-refractivity contribution in [3.8, 4) is 0 Å². The molecule has 110 valence electrons. The summed E-state index contributed by atoms with van der Waals surface area (Å²) in [7, 11) is 1.28. The number of nitro groups is 1. The third-order valence-electron chi connectivity index (χ3n) is 2.32. The van der Waals surface area contributed by atoms with Crippen molar-refractivity contribution in [1.29, 1.82) is 0 Å². The highest BCUT2D eigenvalue weighted by molar-refractivity contribution is 7.17. The van der Waals surface area contributed by atoms with Gasteiger partial charge in [0.2, 0.25) is 0 Å². The molecule has 0 fully saturated rings. The van der Waals surface area contributed by atoms with Crippen LogP contribution in [0.5, 0.6) is 0 Å². The van der Waals surface area contributed by atoms with Crippen molar-refractivity contribution in [3.05, 3.63) is 38.2 Å². The molecule has 2 aromatic heterocycles. The van der Waals surface area contributed by atoms with E-state index in [1.165, 1.54) is 19.2 Å². The molecule has 0 radical (unpaired) electrons. The maximum atomic E-state index is 11.9. The Kier molecular flexibility index (Phi) is 4.60. The number of methoxy groups -OCH3 is 1. The largest absolute Gasteiger partial charge is 0.469 e. The van der Waals surface area contributed by atoms with Crippen molar-refractivity contribution in [3.63, 3.8) is 0 Å². The lowest BCUT2D eigenvalue weighted by Crippen LogP contribution is -2.10. The number of anilines is 1. The molecule has 0 saturated heterocycles. The van der Waals surface area contributed by atoms with E-state index < -0.39 is 16.8 Å². The van der Waals surface area contributed by atoms with E-state index in [0.717, 1.165) is 22.7 Å². The number of amides is 1. The third kappa shape index (κ3) is 3.83. The van der Waals surface area contributed by atoms with E-state index >= 15 is 0 Å². The molecule has 0 aliphatic rings. The summed E-state index contributed by atoms with van der Waals surface area (Å²) in [6.45, 7) is 0. The predicted octanol–water partition coefficient (Wildman–Crippen LogP) is 2.08. The highest BCUT2D eigenvalue weighted by Crippen LogP contribution is 2.25. The van der Waals surface area contributed by atoms with Crippen LogP contribution in [0.15, 0.2) is 17.5 Å². The quantitative estimate of drug-likeness (QED) is 0.511. The second-order valence-electron chi connectivity index (χ2n) is 3.75. The zero-order chi connectivity index (χ0) is 15.4. The molecule has 0 aliphatic heterocycles. The average Bonchev–Trinajstić information content (AvgIpc) is 3.07. The van der Waals surface area contributed by atoms with Crippen molar-refractivity contribution in [1.82, 2.24) is 4.98 Å². The van der Waals surface area contributed by atoms with Crippen LogP contribution in [0.1, 0.15) is 15.4 Å². The Morgan fingerprint density at radius 2 is 2.24 bits per heavy atom. The van der Waals surface area contributed by atoms with E-state index in [9.17, 15) is 19.7 Å². The topological polar surface area (TPSA) is 111 Å². The molecule has 8 nitrogen and oxygen atoms in total. The zero-order valence-electron chi connectivity index (χ0n) is 10.7. The van der Waals surface area contributed by atoms with Crippen molar-refractivity contribution in [2.45, 2.75) is 6.42 Å². The molecule has 2 heterocycles. The van der Waals surface area contributed by atoms with Gasteiger partial charge in [-0.3, -0.25) is 25.0 Å². The van der Waals surface area contributed by atoms with Crippen molar-refractivity contribution >= 4 is 44.7 Å². The van der Waals surface area contributed by atoms with Crippen molar-refractivity contribution in [2.24, 2.45) is 0 Å². The minimum atomic E-state index is -0.556. The molecule has 1 N–H and O–H groups in total. The van der Waals surface area contributed by atoms with Gasteiger partial charge in [-0.2, -0.15) is 0 Å². The number of carbonyl (C=O) groups is 2. The maximum absolute atomic E-state index is 11.9. The van der Waals surface area contributed by atoms with Gasteiger partial charge in [0.15, 0.2) is 5.13 Å². The van der Waals surface area contributed by atoms with E-state index in [0.29, 0.717) is 10.8 Å². The molecule has 0 saturated carbocycles. The monoisotopic (exact) mass is 327 g/mol. The van der Waals surface area contributed by atoms with Gasteiger partial charge in [-0.25, -0.2) is 4.98 Å². The van der Waals surface area contributed by atoms with E-state index in [4.69, 9.17) is 0 Å². The predicted molar refractivity (Wildman–Crippen MR) is 76.8 cm³/mol. The van der Waals surface area contributed by atoms with Gasteiger partial charge < -0.3 is 4.74 Å². The van der Waals surface area contributed by atoms with Gasteiger partial charge in [0.1, 0.15) is 0 Å². The van der Waals surface area contributed by atoms with Crippen LogP contribution in [0.4, 0.5) is 10.1 Å². The summed E-state index contributed by atoms with van der Waals surface area (Å²) in [5.41, 5.74) is 0.485. The lowest BCUT2D eigenvalue weighted by atomic mass is 10.3. The summed E-state index contributed by atoms with van der Waals surface area (Å²) in [5, 5.41) is 14.9. The van der Waals surface area contributed by atoms with Crippen LogP contribution in [0, 0.1) is 10.1 Å². The fourth-order valence-electron chi connectivity index (χ4n) is 1.37. The van der Waals surface area contributed by atoms with Crippen molar-refractivity contribution in [2.75, 3.05) is 12.4 Å². The molecular formula is C11H9N3O5S2. The molecule has 10 heteroatoms. The van der Waals surface area contributed by atoms with Crippen LogP contribution in [-0.2, 0) is 16.0 Å². The van der Waals surface area contributed by atoms with Gasteiger partial charge in [0, 0.05) is 11.4 Å². The zero-order valence-corrected chi connectivity index (χ0v) is 12.3. The molecule has 2 rings (SSSR count). The van der Waals surface area contributed by atoms with Gasteiger partial charge in [0.25, 0.3) is 5.91 Å². The first kappa shape index (κ1) is 15.1. The molecule has 0 aliphatic carbocycles. The number of carbonyl (C=O) groups excluding carboxylic acids is 2. The summed E-state index contributed by atoms with van der Waals surface area (Å²) < 4.78 is 4.52. The summed E-state index contributed by atoms with van der Waals surface area (Å²) in [6.07, 6.45) is 0.0212. The van der Waals surface area contributed by atoms with Crippen molar-refractivity contribution < 1.29 is 19.2 Å². The van der Waals surface area contributed by atoms with Crippen LogP contribution in [0.2, 0.25) is 0 Å². The molecular weight excluding hydrogens is 318 g/mol. The minimum Gasteiger partial charge on any atom is -0.469 e. The fourth-order valence-corrected chi connectivity index (χ4v) is 2.79. The molecule has 0 bridgehead atoms. The number of hydrogen-bond acceptors (Lipinski definition) is 8. The first-order valence-corrected chi connectivity index (χ1v) is 7.26. The number of thiophene rings is 1. The molecule has 1 amide bonds. The van der Waals surface area contributed by atoms with Crippen LogP contribution in [0.3, 0.4) is 0 Å². The van der Waals surface area contributed by atoms with E-state index in [-0.39, 0.29) is 16.3 Å². The normalized spacial score (nSPS) is 10.1. The minimum absolute atomic E-state index is 0.0212. The van der Waals surface area contributed by atoms with E-state index in [1.54, 1.807) is 5.38 Å². The molecule has 0 aromatic carbocycles. The lowest BCUT2D eigenvalue weighted by molar-refractivity contribution is -0.380. The summed E-state index contributed by atoms with van der Waals surface area (Å²) in [6, 6.07) is 2.64. The fraction of sp³-hybridized carbons (Fsp3) is 0.182. The number of hydrogen-bond donors (Lipinski definition) is 1. The van der Waals surface area contributed by atoms with Crippen LogP contribution >= 0.6 is 22.7 Å². The molecule has 0 unspecified atom stereocenters.